The first kappa shape index (κ1) is 18.6. The lowest BCUT2D eigenvalue weighted by Crippen LogP contribution is -2.45. The maximum Gasteiger partial charge on any atom is 0.153 e. The highest BCUT2D eigenvalue weighted by Crippen LogP contribution is 2.26. The van der Waals surface area contributed by atoms with Gasteiger partial charge in [-0.3, -0.25) is 0 Å². The van der Waals surface area contributed by atoms with E-state index < -0.39 is 0 Å². The maximum atomic E-state index is 5.58. The number of nitrogens with zero attached hydrogens (tertiary/aromatic N) is 4. The van der Waals surface area contributed by atoms with E-state index in [0.29, 0.717) is 18.6 Å². The van der Waals surface area contributed by atoms with Crippen LogP contribution in [0.5, 0.6) is 5.75 Å². The minimum absolute atomic E-state index is 0.311. The molecule has 7 heteroatoms. The van der Waals surface area contributed by atoms with Crippen LogP contribution in [0.2, 0.25) is 0 Å². The summed E-state index contributed by atoms with van der Waals surface area (Å²) >= 11 is 0. The lowest BCUT2D eigenvalue weighted by atomic mass is 9.92. The predicted octanol–water partition coefficient (Wildman–Crippen LogP) is 2.56. The molecule has 146 valence electrons. The van der Waals surface area contributed by atoms with E-state index in [1.165, 1.54) is 12.0 Å². The van der Waals surface area contributed by atoms with Gasteiger partial charge in [-0.1, -0.05) is 30.3 Å². The standard InChI is InChI=1S/C21H26N6O/c1-15-24-25-26-27(15)18-10-11-20(28-2)17(13-18)14-23-19-9-6-12-22-21(19)16-7-4-3-5-8-16/h3-5,7-8,10-11,13,19,21-23H,6,9,12,14H2,1-2H3/t19-,21+/m0/s1. The van der Waals surface area contributed by atoms with Gasteiger partial charge in [-0.15, -0.1) is 5.10 Å². The van der Waals surface area contributed by atoms with Crippen LogP contribution in [-0.4, -0.2) is 39.9 Å². The maximum absolute atomic E-state index is 5.58. The number of rotatable bonds is 6. The molecule has 28 heavy (non-hydrogen) atoms. The Bertz CT molecular complexity index is 910. The van der Waals surface area contributed by atoms with Gasteiger partial charge in [0.15, 0.2) is 5.82 Å². The Hall–Kier alpha value is -2.77. The summed E-state index contributed by atoms with van der Waals surface area (Å²) in [5, 5.41) is 19.2. The molecule has 2 N–H and O–H groups in total. The number of aromatic nitrogens is 4. The van der Waals surface area contributed by atoms with Crippen molar-refractivity contribution in [2.24, 2.45) is 0 Å². The molecular weight excluding hydrogens is 352 g/mol. The summed E-state index contributed by atoms with van der Waals surface area (Å²) in [6.45, 7) is 3.66. The van der Waals surface area contributed by atoms with Crippen molar-refractivity contribution in [3.63, 3.8) is 0 Å². The van der Waals surface area contributed by atoms with Crippen LogP contribution < -0.4 is 15.4 Å². The van der Waals surface area contributed by atoms with Crippen molar-refractivity contribution >= 4 is 0 Å². The minimum Gasteiger partial charge on any atom is -0.496 e. The van der Waals surface area contributed by atoms with Crippen molar-refractivity contribution < 1.29 is 4.74 Å². The molecule has 0 saturated carbocycles. The summed E-state index contributed by atoms with van der Waals surface area (Å²) in [4.78, 5) is 0. The SMILES string of the molecule is COc1ccc(-n2nnnc2C)cc1CN[C@H]1CCCN[C@@H]1c1ccccc1. The van der Waals surface area contributed by atoms with Gasteiger partial charge in [0.25, 0.3) is 0 Å². The number of tetrazole rings is 1. The number of nitrogens with one attached hydrogen (secondary N) is 2. The van der Waals surface area contributed by atoms with Gasteiger partial charge in [0, 0.05) is 24.2 Å². The van der Waals surface area contributed by atoms with E-state index in [9.17, 15) is 0 Å². The van der Waals surface area contributed by atoms with Crippen LogP contribution in [0.4, 0.5) is 0 Å². The molecule has 0 amide bonds. The Morgan fingerprint density at radius 1 is 1.21 bits per heavy atom. The first-order chi connectivity index (χ1) is 13.8. The molecular formula is C21H26N6O. The van der Waals surface area contributed by atoms with E-state index in [2.05, 4.69) is 62.6 Å². The molecule has 4 rings (SSSR count). The molecule has 2 atom stereocenters. The summed E-state index contributed by atoms with van der Waals surface area (Å²) in [7, 11) is 1.70. The van der Waals surface area contributed by atoms with Crippen molar-refractivity contribution in [2.75, 3.05) is 13.7 Å². The Kier molecular flexibility index (Phi) is 5.64. The fourth-order valence-corrected chi connectivity index (χ4v) is 3.87. The van der Waals surface area contributed by atoms with E-state index in [1.54, 1.807) is 11.8 Å². The Morgan fingerprint density at radius 2 is 2.07 bits per heavy atom. The van der Waals surface area contributed by atoms with Crippen molar-refractivity contribution in [1.82, 2.24) is 30.8 Å². The lowest BCUT2D eigenvalue weighted by Gasteiger charge is -2.34. The number of aryl methyl sites for hydroxylation is 1. The topological polar surface area (TPSA) is 76.9 Å². The monoisotopic (exact) mass is 378 g/mol. The largest absolute Gasteiger partial charge is 0.496 e. The van der Waals surface area contributed by atoms with Crippen molar-refractivity contribution in [1.29, 1.82) is 0 Å². The summed E-state index contributed by atoms with van der Waals surface area (Å²) in [6, 6.07) is 17.4. The van der Waals surface area contributed by atoms with Gasteiger partial charge < -0.3 is 15.4 Å². The van der Waals surface area contributed by atoms with Gasteiger partial charge in [0.05, 0.1) is 12.8 Å². The zero-order chi connectivity index (χ0) is 19.3. The minimum atomic E-state index is 0.311. The zero-order valence-electron chi connectivity index (χ0n) is 16.3. The highest BCUT2D eigenvalue weighted by molar-refractivity contribution is 5.44. The molecule has 1 aliphatic rings. The van der Waals surface area contributed by atoms with Crippen molar-refractivity contribution in [3.05, 3.63) is 65.5 Å². The van der Waals surface area contributed by atoms with Crippen LogP contribution in [0.15, 0.2) is 48.5 Å². The zero-order valence-corrected chi connectivity index (χ0v) is 16.3. The second-order valence-corrected chi connectivity index (χ2v) is 7.11. The molecule has 0 bridgehead atoms. The first-order valence-corrected chi connectivity index (χ1v) is 9.70. The van der Waals surface area contributed by atoms with E-state index in [0.717, 1.165) is 35.8 Å². The van der Waals surface area contributed by atoms with Gasteiger partial charge >= 0.3 is 0 Å². The van der Waals surface area contributed by atoms with E-state index in [4.69, 9.17) is 4.74 Å². The Labute approximate surface area is 165 Å². The summed E-state index contributed by atoms with van der Waals surface area (Å²) in [6.07, 6.45) is 2.31. The van der Waals surface area contributed by atoms with Gasteiger partial charge in [-0.25, -0.2) is 0 Å². The van der Waals surface area contributed by atoms with Crippen molar-refractivity contribution in [3.8, 4) is 11.4 Å². The molecule has 0 unspecified atom stereocenters. The number of hydrogen-bond acceptors (Lipinski definition) is 6. The lowest BCUT2D eigenvalue weighted by molar-refractivity contribution is 0.303. The van der Waals surface area contributed by atoms with Gasteiger partial charge in [0.1, 0.15) is 5.75 Å². The van der Waals surface area contributed by atoms with Gasteiger partial charge in [-0.05, 0) is 60.5 Å². The number of methoxy groups -OCH3 is 1. The average Bonchev–Trinajstić information content (AvgIpc) is 3.18. The third-order valence-electron chi connectivity index (χ3n) is 5.31. The fraction of sp³-hybridized carbons (Fsp3) is 0.381. The normalized spacial score (nSPS) is 19.5. The molecule has 2 heterocycles. The highest BCUT2D eigenvalue weighted by Gasteiger charge is 2.25. The highest BCUT2D eigenvalue weighted by atomic mass is 16.5. The average molecular weight is 378 g/mol. The van der Waals surface area contributed by atoms with Gasteiger partial charge in [-0.2, -0.15) is 4.68 Å². The summed E-state index contributed by atoms with van der Waals surface area (Å²) < 4.78 is 7.32. The number of hydrogen-bond donors (Lipinski definition) is 2. The molecule has 1 saturated heterocycles. The molecule has 1 fully saturated rings. The van der Waals surface area contributed by atoms with Crippen molar-refractivity contribution in [2.45, 2.75) is 38.4 Å². The second-order valence-electron chi connectivity index (χ2n) is 7.11. The van der Waals surface area contributed by atoms with Crippen LogP contribution in [0.25, 0.3) is 5.69 Å². The summed E-state index contributed by atoms with van der Waals surface area (Å²) in [5.74, 6) is 1.62. The van der Waals surface area contributed by atoms with Gasteiger partial charge in [0.2, 0.25) is 0 Å². The van der Waals surface area contributed by atoms with E-state index in [1.807, 2.05) is 19.1 Å². The third kappa shape index (κ3) is 3.90. The smallest absolute Gasteiger partial charge is 0.153 e. The molecule has 0 radical (unpaired) electrons. The second kappa shape index (κ2) is 8.50. The summed E-state index contributed by atoms with van der Waals surface area (Å²) in [5.41, 5.74) is 3.35. The van der Waals surface area contributed by atoms with Crippen LogP contribution in [0.1, 0.15) is 35.8 Å². The first-order valence-electron chi connectivity index (χ1n) is 9.70. The molecule has 0 spiro atoms. The Balaban J connectivity index is 1.54. The quantitative estimate of drug-likeness (QED) is 0.687. The van der Waals surface area contributed by atoms with Crippen LogP contribution in [0, 0.1) is 6.92 Å². The van der Waals surface area contributed by atoms with E-state index in [-0.39, 0.29) is 0 Å². The van der Waals surface area contributed by atoms with E-state index >= 15 is 0 Å². The number of ether oxygens (including phenoxy) is 1. The Morgan fingerprint density at radius 3 is 2.82 bits per heavy atom. The fourth-order valence-electron chi connectivity index (χ4n) is 3.87. The number of piperidine rings is 1. The van der Waals surface area contributed by atoms with Crippen LogP contribution in [0.3, 0.4) is 0 Å². The third-order valence-corrected chi connectivity index (χ3v) is 5.31. The molecule has 7 nitrogen and oxygen atoms in total. The molecule has 0 aliphatic carbocycles. The molecule has 3 aromatic rings. The molecule has 1 aliphatic heterocycles. The van der Waals surface area contributed by atoms with Crippen LogP contribution in [-0.2, 0) is 6.54 Å². The molecule has 1 aromatic heterocycles. The molecule has 2 aromatic carbocycles. The predicted molar refractivity (Wildman–Crippen MR) is 107 cm³/mol. The van der Waals surface area contributed by atoms with Crippen LogP contribution >= 0.6 is 0 Å². The number of benzene rings is 2.